The molecule has 0 amide bonds. The lowest BCUT2D eigenvalue weighted by Crippen LogP contribution is -2.40. The van der Waals surface area contributed by atoms with E-state index in [0.29, 0.717) is 17.0 Å². The van der Waals surface area contributed by atoms with Crippen LogP contribution in [-0.4, -0.2) is 18.9 Å². The number of nitrogens with zero attached hydrogens (tertiary/aromatic N) is 1. The summed E-state index contributed by atoms with van der Waals surface area (Å²) in [5.41, 5.74) is 7.42. The van der Waals surface area contributed by atoms with Crippen molar-refractivity contribution in [2.24, 2.45) is 11.7 Å². The molecule has 0 radical (unpaired) electrons. The van der Waals surface area contributed by atoms with Gasteiger partial charge in [-0.2, -0.15) is 0 Å². The average molecular weight is 280 g/mol. The highest BCUT2D eigenvalue weighted by Gasteiger charge is 2.26. The summed E-state index contributed by atoms with van der Waals surface area (Å²) in [7, 11) is 2.10. The van der Waals surface area contributed by atoms with Gasteiger partial charge in [0.2, 0.25) is 0 Å². The molecule has 1 aliphatic rings. The first-order valence-corrected chi connectivity index (χ1v) is 7.25. The number of hydrogen-bond acceptors (Lipinski definition) is 2. The SMILES string of the molecule is CC1CCCCC1N(C)c1ccc(Cl)cc1C(=N)N. The number of nitrogens with one attached hydrogen (secondary N) is 1. The molecule has 1 aromatic rings. The standard InChI is InChI=1S/C15H22ClN3/c1-10-5-3-4-6-13(10)19(2)14-8-7-11(16)9-12(14)15(17)18/h7-10,13H,3-6H2,1-2H3,(H3,17,18). The molecular formula is C15H22ClN3. The largest absolute Gasteiger partial charge is 0.384 e. The Morgan fingerprint density at radius 3 is 2.68 bits per heavy atom. The summed E-state index contributed by atoms with van der Waals surface area (Å²) in [6, 6.07) is 6.14. The first kappa shape index (κ1) is 14.2. The molecule has 3 nitrogen and oxygen atoms in total. The van der Waals surface area contributed by atoms with Gasteiger partial charge in [-0.1, -0.05) is 31.4 Å². The van der Waals surface area contributed by atoms with Crippen LogP contribution >= 0.6 is 11.6 Å². The van der Waals surface area contributed by atoms with Crippen LogP contribution in [0.15, 0.2) is 18.2 Å². The first-order valence-electron chi connectivity index (χ1n) is 6.87. The molecule has 2 atom stereocenters. The van der Waals surface area contributed by atoms with Gasteiger partial charge in [-0.15, -0.1) is 0 Å². The Kier molecular flexibility index (Phi) is 4.35. The van der Waals surface area contributed by atoms with E-state index in [1.165, 1.54) is 25.7 Å². The van der Waals surface area contributed by atoms with E-state index in [1.807, 2.05) is 12.1 Å². The molecule has 1 aliphatic carbocycles. The summed E-state index contributed by atoms with van der Waals surface area (Å²) >= 11 is 6.01. The van der Waals surface area contributed by atoms with Crippen LogP contribution in [0.1, 0.15) is 38.2 Å². The molecule has 2 unspecified atom stereocenters. The molecule has 0 heterocycles. The summed E-state index contributed by atoms with van der Waals surface area (Å²) in [6.07, 6.45) is 5.09. The average Bonchev–Trinajstić information content (AvgIpc) is 2.38. The summed E-state index contributed by atoms with van der Waals surface area (Å²) in [5.74, 6) is 0.752. The number of benzene rings is 1. The van der Waals surface area contributed by atoms with Crippen molar-refractivity contribution in [2.45, 2.75) is 38.6 Å². The van der Waals surface area contributed by atoms with Gasteiger partial charge in [0.15, 0.2) is 0 Å². The highest BCUT2D eigenvalue weighted by atomic mass is 35.5. The second kappa shape index (κ2) is 5.83. The summed E-state index contributed by atoms with van der Waals surface area (Å²) in [4.78, 5) is 2.27. The normalized spacial score (nSPS) is 23.1. The number of nitrogen functional groups attached to an aromatic ring is 1. The Morgan fingerprint density at radius 2 is 2.05 bits per heavy atom. The molecule has 1 aromatic carbocycles. The number of rotatable bonds is 3. The van der Waals surface area contributed by atoms with Gasteiger partial charge >= 0.3 is 0 Å². The third-order valence-electron chi connectivity index (χ3n) is 4.19. The van der Waals surface area contributed by atoms with Gasteiger partial charge in [0.25, 0.3) is 0 Å². The Balaban J connectivity index is 2.32. The molecule has 0 aliphatic heterocycles. The van der Waals surface area contributed by atoms with E-state index in [4.69, 9.17) is 22.7 Å². The smallest absolute Gasteiger partial charge is 0.124 e. The second-order valence-electron chi connectivity index (χ2n) is 5.52. The number of hydrogen-bond donors (Lipinski definition) is 2. The van der Waals surface area contributed by atoms with E-state index in [1.54, 1.807) is 6.07 Å². The summed E-state index contributed by atoms with van der Waals surface area (Å²) < 4.78 is 0. The fraction of sp³-hybridized carbons (Fsp3) is 0.533. The molecule has 0 aromatic heterocycles. The molecule has 19 heavy (non-hydrogen) atoms. The van der Waals surface area contributed by atoms with E-state index in [2.05, 4.69) is 18.9 Å². The maximum Gasteiger partial charge on any atom is 0.124 e. The van der Waals surface area contributed by atoms with E-state index in [-0.39, 0.29) is 5.84 Å². The Labute approximate surface area is 120 Å². The minimum absolute atomic E-state index is 0.0767. The lowest BCUT2D eigenvalue weighted by Gasteiger charge is -2.38. The lowest BCUT2D eigenvalue weighted by molar-refractivity contribution is 0.321. The van der Waals surface area contributed by atoms with E-state index in [0.717, 1.165) is 11.3 Å². The van der Waals surface area contributed by atoms with Crippen molar-refractivity contribution in [1.82, 2.24) is 0 Å². The number of amidine groups is 1. The van der Waals surface area contributed by atoms with Crippen LogP contribution in [0.25, 0.3) is 0 Å². The quantitative estimate of drug-likeness (QED) is 0.656. The third-order valence-corrected chi connectivity index (χ3v) is 4.43. The van der Waals surface area contributed by atoms with E-state index < -0.39 is 0 Å². The molecular weight excluding hydrogens is 258 g/mol. The van der Waals surface area contributed by atoms with Crippen molar-refractivity contribution >= 4 is 23.1 Å². The zero-order valence-corrected chi connectivity index (χ0v) is 12.4. The molecule has 3 N–H and O–H groups in total. The number of nitrogens with two attached hydrogens (primary N) is 1. The Morgan fingerprint density at radius 1 is 1.37 bits per heavy atom. The van der Waals surface area contributed by atoms with Crippen LogP contribution in [0.3, 0.4) is 0 Å². The number of anilines is 1. The van der Waals surface area contributed by atoms with Gasteiger partial charge in [-0.25, -0.2) is 0 Å². The van der Waals surface area contributed by atoms with Crippen LogP contribution in [0, 0.1) is 11.3 Å². The molecule has 2 rings (SSSR count). The summed E-state index contributed by atoms with van der Waals surface area (Å²) in [6.45, 7) is 2.31. The predicted molar refractivity (Wildman–Crippen MR) is 82.3 cm³/mol. The first-order chi connectivity index (χ1) is 9.00. The molecule has 1 fully saturated rings. The van der Waals surface area contributed by atoms with Crippen molar-refractivity contribution in [1.29, 1.82) is 5.41 Å². The van der Waals surface area contributed by atoms with Gasteiger partial charge in [0.1, 0.15) is 5.84 Å². The molecule has 1 saturated carbocycles. The number of halogens is 1. The van der Waals surface area contributed by atoms with Crippen molar-refractivity contribution < 1.29 is 0 Å². The second-order valence-corrected chi connectivity index (χ2v) is 5.95. The van der Waals surface area contributed by atoms with E-state index in [9.17, 15) is 0 Å². The minimum atomic E-state index is 0.0767. The third kappa shape index (κ3) is 3.03. The van der Waals surface area contributed by atoms with Crippen LogP contribution in [0.2, 0.25) is 5.02 Å². The molecule has 0 bridgehead atoms. The lowest BCUT2D eigenvalue weighted by atomic mass is 9.84. The van der Waals surface area contributed by atoms with Crippen LogP contribution in [0.5, 0.6) is 0 Å². The highest BCUT2D eigenvalue weighted by Crippen LogP contribution is 2.32. The summed E-state index contributed by atoms with van der Waals surface area (Å²) in [5, 5.41) is 8.35. The maximum absolute atomic E-state index is 7.72. The highest BCUT2D eigenvalue weighted by molar-refractivity contribution is 6.31. The van der Waals surface area contributed by atoms with Gasteiger partial charge in [0, 0.05) is 29.4 Å². The predicted octanol–water partition coefficient (Wildman–Crippen LogP) is 3.64. The molecule has 104 valence electrons. The minimum Gasteiger partial charge on any atom is -0.384 e. The topological polar surface area (TPSA) is 53.1 Å². The molecule has 0 saturated heterocycles. The van der Waals surface area contributed by atoms with Crippen LogP contribution in [-0.2, 0) is 0 Å². The van der Waals surface area contributed by atoms with Crippen molar-refractivity contribution in [3.63, 3.8) is 0 Å². The van der Waals surface area contributed by atoms with Crippen molar-refractivity contribution in [3.8, 4) is 0 Å². The van der Waals surface area contributed by atoms with Gasteiger partial charge < -0.3 is 10.6 Å². The van der Waals surface area contributed by atoms with Crippen LogP contribution < -0.4 is 10.6 Å². The van der Waals surface area contributed by atoms with Crippen molar-refractivity contribution in [2.75, 3.05) is 11.9 Å². The molecule has 0 spiro atoms. The van der Waals surface area contributed by atoms with Gasteiger partial charge in [-0.3, -0.25) is 5.41 Å². The van der Waals surface area contributed by atoms with E-state index >= 15 is 0 Å². The zero-order valence-electron chi connectivity index (χ0n) is 11.6. The Bertz CT molecular complexity index is 472. The van der Waals surface area contributed by atoms with Gasteiger partial charge in [0.05, 0.1) is 0 Å². The zero-order chi connectivity index (χ0) is 14.0. The Hall–Kier alpha value is -1.22. The van der Waals surface area contributed by atoms with Gasteiger partial charge in [-0.05, 0) is 37.0 Å². The van der Waals surface area contributed by atoms with Crippen molar-refractivity contribution in [3.05, 3.63) is 28.8 Å². The fourth-order valence-corrected chi connectivity index (χ4v) is 3.25. The monoisotopic (exact) mass is 279 g/mol. The molecule has 4 heteroatoms. The van der Waals surface area contributed by atoms with Crippen LogP contribution in [0.4, 0.5) is 5.69 Å². The fourth-order valence-electron chi connectivity index (χ4n) is 3.08. The maximum atomic E-state index is 7.72.